The van der Waals surface area contributed by atoms with Crippen LogP contribution in [0.2, 0.25) is 10.0 Å². The summed E-state index contributed by atoms with van der Waals surface area (Å²) in [7, 11) is 0. The molecule has 0 spiro atoms. The van der Waals surface area contributed by atoms with Crippen LogP contribution in [0.1, 0.15) is 10.5 Å². The van der Waals surface area contributed by atoms with Crippen LogP contribution in [0.25, 0.3) is 0 Å². The molecule has 0 fully saturated rings. The number of rotatable bonds is 7. The largest absolute Gasteiger partial charge is 0.451 e. The Morgan fingerprint density at radius 2 is 2.00 bits per heavy atom. The zero-order valence-electron chi connectivity index (χ0n) is 12.3. The molecule has 0 atom stereocenters. The molecular weight excluding hydrogens is 373 g/mol. The average molecular weight is 386 g/mol. The predicted octanol–water partition coefficient (Wildman–Crippen LogP) is 3.84. The SMILES string of the molecule is C=CCNc1nc(C(=O)OCC(=O)Nc2cc(Cl)cc(Cl)c2)cs1. The number of carbonyl (C=O) groups is 2. The third kappa shape index (κ3) is 5.52. The molecule has 0 aliphatic rings. The van der Waals surface area contributed by atoms with Gasteiger partial charge >= 0.3 is 5.97 Å². The number of esters is 1. The van der Waals surface area contributed by atoms with E-state index in [0.29, 0.717) is 27.4 Å². The number of aromatic nitrogens is 1. The Labute approximate surface area is 152 Å². The van der Waals surface area contributed by atoms with E-state index in [-0.39, 0.29) is 5.69 Å². The van der Waals surface area contributed by atoms with Crippen molar-refractivity contribution in [3.05, 3.63) is 52.0 Å². The van der Waals surface area contributed by atoms with Crippen molar-refractivity contribution in [3.8, 4) is 0 Å². The Kier molecular flexibility index (Phi) is 6.60. The number of thiazole rings is 1. The zero-order chi connectivity index (χ0) is 17.5. The van der Waals surface area contributed by atoms with E-state index < -0.39 is 18.5 Å². The van der Waals surface area contributed by atoms with Crippen molar-refractivity contribution >= 4 is 57.2 Å². The van der Waals surface area contributed by atoms with Gasteiger partial charge in [-0.2, -0.15) is 0 Å². The maximum Gasteiger partial charge on any atom is 0.358 e. The van der Waals surface area contributed by atoms with E-state index in [0.717, 1.165) is 0 Å². The Morgan fingerprint density at radius 3 is 2.67 bits per heavy atom. The van der Waals surface area contributed by atoms with Crippen molar-refractivity contribution < 1.29 is 14.3 Å². The quantitative estimate of drug-likeness (QED) is 0.558. The van der Waals surface area contributed by atoms with Crippen LogP contribution in [0.5, 0.6) is 0 Å². The van der Waals surface area contributed by atoms with Gasteiger partial charge in [0.2, 0.25) is 0 Å². The summed E-state index contributed by atoms with van der Waals surface area (Å²) in [6, 6.07) is 4.61. The second-order valence-corrected chi connectivity index (χ2v) is 6.22. The maximum atomic E-state index is 11.8. The van der Waals surface area contributed by atoms with Crippen LogP contribution in [-0.2, 0) is 9.53 Å². The number of nitrogens with one attached hydrogen (secondary N) is 2. The number of benzene rings is 1. The van der Waals surface area contributed by atoms with E-state index in [4.69, 9.17) is 27.9 Å². The van der Waals surface area contributed by atoms with Crippen LogP contribution in [0.4, 0.5) is 10.8 Å². The van der Waals surface area contributed by atoms with Crippen molar-refractivity contribution in [2.45, 2.75) is 0 Å². The number of halogens is 2. The molecule has 0 aliphatic carbocycles. The monoisotopic (exact) mass is 385 g/mol. The summed E-state index contributed by atoms with van der Waals surface area (Å²) in [6.07, 6.45) is 1.67. The highest BCUT2D eigenvalue weighted by molar-refractivity contribution is 7.13. The fourth-order valence-electron chi connectivity index (χ4n) is 1.64. The number of anilines is 2. The molecule has 0 bridgehead atoms. The first kappa shape index (κ1) is 18.3. The predicted molar refractivity (Wildman–Crippen MR) is 96.2 cm³/mol. The van der Waals surface area contributed by atoms with Gasteiger partial charge in [-0.15, -0.1) is 17.9 Å². The average Bonchev–Trinajstić information content (AvgIpc) is 2.98. The van der Waals surface area contributed by atoms with E-state index in [2.05, 4.69) is 22.2 Å². The lowest BCUT2D eigenvalue weighted by Gasteiger charge is -2.06. The summed E-state index contributed by atoms with van der Waals surface area (Å²) in [5, 5.41) is 8.38. The molecule has 24 heavy (non-hydrogen) atoms. The number of hydrogen-bond acceptors (Lipinski definition) is 6. The molecule has 0 aliphatic heterocycles. The molecule has 2 aromatic rings. The Balaban J connectivity index is 1.85. The minimum atomic E-state index is -0.683. The van der Waals surface area contributed by atoms with E-state index >= 15 is 0 Å². The van der Waals surface area contributed by atoms with Crippen LogP contribution in [0.3, 0.4) is 0 Å². The lowest BCUT2D eigenvalue weighted by molar-refractivity contribution is -0.119. The van der Waals surface area contributed by atoms with Crippen LogP contribution < -0.4 is 10.6 Å². The Bertz CT molecular complexity index is 744. The van der Waals surface area contributed by atoms with Gasteiger partial charge in [0.15, 0.2) is 17.4 Å². The summed E-state index contributed by atoms with van der Waals surface area (Å²) in [5.74, 6) is -1.20. The molecule has 9 heteroatoms. The zero-order valence-corrected chi connectivity index (χ0v) is 14.7. The second-order valence-electron chi connectivity index (χ2n) is 4.49. The van der Waals surface area contributed by atoms with Crippen molar-refractivity contribution in [2.75, 3.05) is 23.8 Å². The fourth-order valence-corrected chi connectivity index (χ4v) is 2.85. The van der Waals surface area contributed by atoms with E-state index in [9.17, 15) is 9.59 Å². The van der Waals surface area contributed by atoms with Gasteiger partial charge in [0.1, 0.15) is 0 Å². The van der Waals surface area contributed by atoms with Crippen molar-refractivity contribution in [3.63, 3.8) is 0 Å². The number of carbonyl (C=O) groups excluding carboxylic acids is 2. The first-order chi connectivity index (χ1) is 11.5. The summed E-state index contributed by atoms with van der Waals surface area (Å²) in [6.45, 7) is 3.66. The van der Waals surface area contributed by atoms with Gasteiger partial charge < -0.3 is 15.4 Å². The number of amides is 1. The molecule has 1 aromatic heterocycles. The molecule has 0 unspecified atom stereocenters. The molecule has 2 rings (SSSR count). The van der Waals surface area contributed by atoms with Crippen molar-refractivity contribution in [1.29, 1.82) is 0 Å². The highest BCUT2D eigenvalue weighted by Crippen LogP contribution is 2.22. The molecule has 126 valence electrons. The summed E-state index contributed by atoms with van der Waals surface area (Å²) in [4.78, 5) is 27.7. The van der Waals surface area contributed by atoms with Crippen LogP contribution in [0.15, 0.2) is 36.2 Å². The number of ether oxygens (including phenoxy) is 1. The van der Waals surface area contributed by atoms with Crippen molar-refractivity contribution in [1.82, 2.24) is 4.98 Å². The fraction of sp³-hybridized carbons (Fsp3) is 0.133. The topological polar surface area (TPSA) is 80.3 Å². The van der Waals surface area contributed by atoms with E-state index in [1.165, 1.54) is 23.5 Å². The van der Waals surface area contributed by atoms with Gasteiger partial charge in [0.25, 0.3) is 5.91 Å². The second kappa shape index (κ2) is 8.68. The van der Waals surface area contributed by atoms with Crippen LogP contribution in [-0.4, -0.2) is 30.0 Å². The third-order valence-electron chi connectivity index (χ3n) is 2.59. The minimum absolute atomic E-state index is 0.130. The molecule has 1 aromatic carbocycles. The van der Waals surface area contributed by atoms with Crippen LogP contribution >= 0.6 is 34.5 Å². The van der Waals surface area contributed by atoms with E-state index in [1.807, 2.05) is 0 Å². The summed E-state index contributed by atoms with van der Waals surface area (Å²) >= 11 is 12.9. The molecule has 0 saturated heterocycles. The Hall–Kier alpha value is -2.09. The van der Waals surface area contributed by atoms with Crippen LogP contribution in [0, 0.1) is 0 Å². The number of nitrogens with zero attached hydrogens (tertiary/aromatic N) is 1. The Morgan fingerprint density at radius 1 is 1.29 bits per heavy atom. The molecule has 2 N–H and O–H groups in total. The highest BCUT2D eigenvalue weighted by Gasteiger charge is 2.14. The molecule has 0 radical (unpaired) electrons. The standard InChI is InChI=1S/C15H13Cl2N3O3S/c1-2-3-18-15-20-12(8-24-15)14(22)23-7-13(21)19-11-5-9(16)4-10(17)6-11/h2,4-6,8H,1,3,7H2,(H,18,20)(H,19,21). The smallest absolute Gasteiger partial charge is 0.358 e. The normalized spacial score (nSPS) is 10.1. The van der Waals surface area contributed by atoms with Gasteiger partial charge in [-0.25, -0.2) is 9.78 Å². The first-order valence-corrected chi connectivity index (χ1v) is 8.35. The highest BCUT2D eigenvalue weighted by atomic mass is 35.5. The minimum Gasteiger partial charge on any atom is -0.451 e. The maximum absolute atomic E-state index is 11.8. The third-order valence-corrected chi connectivity index (χ3v) is 3.83. The van der Waals surface area contributed by atoms with Gasteiger partial charge in [-0.05, 0) is 18.2 Å². The van der Waals surface area contributed by atoms with Gasteiger partial charge in [0, 0.05) is 27.7 Å². The summed E-state index contributed by atoms with van der Waals surface area (Å²) in [5.41, 5.74) is 0.545. The van der Waals surface area contributed by atoms with Gasteiger partial charge in [-0.1, -0.05) is 29.3 Å². The molecule has 1 amide bonds. The number of hydrogen-bond donors (Lipinski definition) is 2. The van der Waals surface area contributed by atoms with Crippen molar-refractivity contribution in [2.24, 2.45) is 0 Å². The molecular formula is C15H13Cl2N3O3S. The van der Waals surface area contributed by atoms with Gasteiger partial charge in [0.05, 0.1) is 0 Å². The molecule has 1 heterocycles. The lowest BCUT2D eigenvalue weighted by Crippen LogP contribution is -2.21. The summed E-state index contributed by atoms with van der Waals surface area (Å²) < 4.78 is 4.92. The molecule has 6 nitrogen and oxygen atoms in total. The lowest BCUT2D eigenvalue weighted by atomic mass is 10.3. The first-order valence-electron chi connectivity index (χ1n) is 6.71. The van der Waals surface area contributed by atoms with E-state index in [1.54, 1.807) is 17.5 Å². The molecule has 0 saturated carbocycles. The van der Waals surface area contributed by atoms with Gasteiger partial charge in [-0.3, -0.25) is 4.79 Å².